The van der Waals surface area contributed by atoms with Gasteiger partial charge in [-0.05, 0) is 45.5 Å². The molecule has 0 fully saturated rings. The Labute approximate surface area is 169 Å². The van der Waals surface area contributed by atoms with Crippen LogP contribution < -0.4 is 10.1 Å². The maximum atomic E-state index is 9.33. The molecule has 7 nitrogen and oxygen atoms in total. The van der Waals surface area contributed by atoms with Gasteiger partial charge in [-0.25, -0.2) is 9.97 Å². The molecule has 1 aromatic carbocycles. The molecule has 0 unspecified atom stereocenters. The van der Waals surface area contributed by atoms with Crippen LogP contribution in [0.5, 0.6) is 5.88 Å². The van der Waals surface area contributed by atoms with Crippen molar-refractivity contribution in [2.75, 3.05) is 26.0 Å². The van der Waals surface area contributed by atoms with E-state index in [1.165, 1.54) is 6.20 Å². The first-order chi connectivity index (χ1) is 13.3. The van der Waals surface area contributed by atoms with Gasteiger partial charge in [-0.3, -0.25) is 0 Å². The topological polar surface area (TPSA) is 87.0 Å². The van der Waals surface area contributed by atoms with Crippen LogP contribution in [-0.2, 0) is 0 Å². The Morgan fingerprint density at radius 2 is 2.00 bits per heavy atom. The van der Waals surface area contributed by atoms with E-state index in [9.17, 15) is 5.26 Å². The van der Waals surface area contributed by atoms with Crippen LogP contribution in [0.3, 0.4) is 0 Å². The fraction of sp³-hybridized carbons (Fsp3) is 0.300. The second kappa shape index (κ2) is 7.97. The number of nitrogens with one attached hydrogen (secondary N) is 1. The molecule has 0 atom stereocenters. The van der Waals surface area contributed by atoms with Crippen LogP contribution in [0.1, 0.15) is 19.5 Å². The third-order valence-electron chi connectivity index (χ3n) is 3.88. The number of benzene rings is 1. The van der Waals surface area contributed by atoms with Gasteiger partial charge in [0.05, 0.1) is 6.20 Å². The smallest absolute Gasteiger partial charge is 0.253 e. The lowest BCUT2D eigenvalue weighted by molar-refractivity contribution is 0.0718. The number of nitrogens with zero attached hydrogens (tertiary/aromatic N) is 5. The van der Waals surface area contributed by atoms with Gasteiger partial charge in [0.2, 0.25) is 5.69 Å². The third kappa shape index (κ3) is 4.66. The summed E-state index contributed by atoms with van der Waals surface area (Å²) in [5, 5.41) is 14.9. The van der Waals surface area contributed by atoms with Crippen molar-refractivity contribution < 1.29 is 4.74 Å². The molecule has 28 heavy (non-hydrogen) atoms. The highest BCUT2D eigenvalue weighted by molar-refractivity contribution is 6.35. The summed E-state index contributed by atoms with van der Waals surface area (Å²) >= 11 is 6.19. The number of fused-ring (bicyclic) bond motifs is 1. The highest BCUT2D eigenvalue weighted by Gasteiger charge is 2.24. The number of halogens is 1. The van der Waals surface area contributed by atoms with Gasteiger partial charge < -0.3 is 15.0 Å². The number of ether oxygens (including phenoxy) is 1. The Morgan fingerprint density at radius 1 is 1.21 bits per heavy atom. The minimum absolute atomic E-state index is 0.135. The minimum atomic E-state index is -0.541. The zero-order valence-electron chi connectivity index (χ0n) is 16.2. The SMILES string of the molecule is CN(C)CC(C)(C)Oc1nc(Nc2cc3cccc(Cl)c3cn2)cnc1C#N. The molecule has 0 aliphatic rings. The first kappa shape index (κ1) is 19.8. The molecular weight excluding hydrogens is 376 g/mol. The minimum Gasteiger partial charge on any atom is -0.468 e. The highest BCUT2D eigenvalue weighted by atomic mass is 35.5. The van der Waals surface area contributed by atoms with Gasteiger partial charge in [-0.15, -0.1) is 0 Å². The summed E-state index contributed by atoms with van der Waals surface area (Å²) in [5.41, 5.74) is -0.406. The molecule has 2 heterocycles. The van der Waals surface area contributed by atoms with Crippen molar-refractivity contribution in [2.24, 2.45) is 0 Å². The van der Waals surface area contributed by atoms with Gasteiger partial charge >= 0.3 is 0 Å². The Kier molecular flexibility index (Phi) is 5.63. The summed E-state index contributed by atoms with van der Waals surface area (Å²) in [6, 6.07) is 9.56. The Bertz CT molecular complexity index is 1040. The molecule has 1 N–H and O–H groups in total. The van der Waals surface area contributed by atoms with Crippen LogP contribution in [0.15, 0.2) is 36.7 Å². The van der Waals surface area contributed by atoms with Gasteiger partial charge in [0.25, 0.3) is 5.88 Å². The summed E-state index contributed by atoms with van der Waals surface area (Å²) < 4.78 is 5.98. The van der Waals surface area contributed by atoms with E-state index in [-0.39, 0.29) is 11.6 Å². The normalized spacial score (nSPS) is 11.5. The fourth-order valence-corrected chi connectivity index (χ4v) is 3.20. The van der Waals surface area contributed by atoms with Crippen molar-refractivity contribution in [1.29, 1.82) is 5.26 Å². The molecule has 144 valence electrons. The zero-order valence-corrected chi connectivity index (χ0v) is 16.9. The van der Waals surface area contributed by atoms with Crippen molar-refractivity contribution >= 4 is 34.0 Å². The van der Waals surface area contributed by atoms with E-state index in [1.54, 1.807) is 6.20 Å². The average Bonchev–Trinajstić information content (AvgIpc) is 2.60. The molecular formula is C20H21ClN6O. The zero-order chi connectivity index (χ0) is 20.3. The molecule has 0 spiro atoms. The Hall–Kier alpha value is -2.95. The Balaban J connectivity index is 1.88. The maximum absolute atomic E-state index is 9.33. The molecule has 8 heteroatoms. The van der Waals surface area contributed by atoms with Gasteiger partial charge in [0, 0.05) is 23.2 Å². The lowest BCUT2D eigenvalue weighted by atomic mass is 10.1. The van der Waals surface area contributed by atoms with Crippen LogP contribution in [0.4, 0.5) is 11.6 Å². The average molecular weight is 397 g/mol. The predicted octanol–water partition coefficient (Wildman–Crippen LogP) is 4.01. The van der Waals surface area contributed by atoms with E-state index in [1.807, 2.05) is 63.2 Å². The molecule has 3 rings (SSSR count). The van der Waals surface area contributed by atoms with Crippen molar-refractivity contribution in [3.8, 4) is 11.9 Å². The molecule has 0 aliphatic heterocycles. The van der Waals surface area contributed by atoms with E-state index in [2.05, 4.69) is 20.3 Å². The molecule has 0 amide bonds. The van der Waals surface area contributed by atoms with Crippen molar-refractivity contribution in [3.05, 3.63) is 47.4 Å². The molecule has 0 saturated carbocycles. The number of nitriles is 1. The van der Waals surface area contributed by atoms with E-state index in [0.717, 1.165) is 10.8 Å². The Morgan fingerprint density at radius 3 is 2.71 bits per heavy atom. The predicted molar refractivity (Wildman–Crippen MR) is 110 cm³/mol. The van der Waals surface area contributed by atoms with Crippen LogP contribution in [0.2, 0.25) is 5.02 Å². The summed E-state index contributed by atoms with van der Waals surface area (Å²) in [7, 11) is 3.91. The van der Waals surface area contributed by atoms with E-state index < -0.39 is 5.60 Å². The monoisotopic (exact) mass is 396 g/mol. The third-order valence-corrected chi connectivity index (χ3v) is 4.21. The van der Waals surface area contributed by atoms with Crippen LogP contribution >= 0.6 is 11.6 Å². The largest absolute Gasteiger partial charge is 0.468 e. The van der Waals surface area contributed by atoms with E-state index >= 15 is 0 Å². The number of pyridine rings is 1. The van der Waals surface area contributed by atoms with Crippen LogP contribution in [-0.4, -0.2) is 46.1 Å². The van der Waals surface area contributed by atoms with E-state index in [0.29, 0.717) is 23.2 Å². The van der Waals surface area contributed by atoms with Crippen molar-refractivity contribution in [2.45, 2.75) is 19.4 Å². The maximum Gasteiger partial charge on any atom is 0.253 e. The molecule has 2 aromatic heterocycles. The molecule has 0 radical (unpaired) electrons. The van der Waals surface area contributed by atoms with Crippen molar-refractivity contribution in [3.63, 3.8) is 0 Å². The van der Waals surface area contributed by atoms with Gasteiger partial charge in [-0.1, -0.05) is 23.7 Å². The number of anilines is 2. The first-order valence-electron chi connectivity index (χ1n) is 8.69. The molecule has 0 saturated heterocycles. The first-order valence-corrected chi connectivity index (χ1v) is 9.07. The molecule has 0 aliphatic carbocycles. The molecule has 0 bridgehead atoms. The quantitative estimate of drug-likeness (QED) is 0.673. The molecule has 3 aromatic rings. The fourth-order valence-electron chi connectivity index (χ4n) is 2.97. The van der Waals surface area contributed by atoms with Crippen LogP contribution in [0.25, 0.3) is 10.8 Å². The number of likely N-dealkylation sites (N-methyl/N-ethyl adjacent to an activating group) is 1. The lowest BCUT2D eigenvalue weighted by Crippen LogP contribution is -2.40. The number of hydrogen-bond donors (Lipinski definition) is 1. The van der Waals surface area contributed by atoms with E-state index in [4.69, 9.17) is 16.3 Å². The van der Waals surface area contributed by atoms with Crippen molar-refractivity contribution in [1.82, 2.24) is 19.9 Å². The van der Waals surface area contributed by atoms with Crippen LogP contribution in [0, 0.1) is 11.3 Å². The second-order valence-corrected chi connectivity index (χ2v) is 7.68. The van der Waals surface area contributed by atoms with Gasteiger partial charge in [0.1, 0.15) is 17.5 Å². The summed E-state index contributed by atoms with van der Waals surface area (Å²) in [6.07, 6.45) is 3.18. The highest BCUT2D eigenvalue weighted by Crippen LogP contribution is 2.26. The lowest BCUT2D eigenvalue weighted by Gasteiger charge is -2.29. The standard InChI is InChI=1S/C20H21ClN6O/c1-20(2,12-27(3)4)28-19-16(9-22)23-11-18(26-19)25-17-8-13-6-5-7-15(21)14(13)10-24-17/h5-8,10-11H,12H2,1-4H3,(H,24,25,26). The van der Waals surface area contributed by atoms with Gasteiger partial charge in [-0.2, -0.15) is 10.2 Å². The second-order valence-electron chi connectivity index (χ2n) is 7.28. The van der Waals surface area contributed by atoms with Gasteiger partial charge in [0.15, 0.2) is 5.82 Å². The summed E-state index contributed by atoms with van der Waals surface area (Å²) in [5.74, 6) is 1.21. The number of aromatic nitrogens is 3. The summed E-state index contributed by atoms with van der Waals surface area (Å²) in [6.45, 7) is 4.53. The number of hydrogen-bond acceptors (Lipinski definition) is 7. The number of rotatable bonds is 6. The summed E-state index contributed by atoms with van der Waals surface area (Å²) in [4.78, 5) is 15.0.